The van der Waals surface area contributed by atoms with Crippen LogP contribution in [0, 0.1) is 0 Å². The topological polar surface area (TPSA) is 57.4 Å². The van der Waals surface area contributed by atoms with Crippen LogP contribution in [0.1, 0.15) is 11.3 Å². The molecule has 1 aromatic carbocycles. The lowest BCUT2D eigenvalue weighted by atomic mass is 10.1. The van der Waals surface area contributed by atoms with Gasteiger partial charge in [-0.3, -0.25) is 0 Å². The number of aromatic nitrogens is 1. The van der Waals surface area contributed by atoms with Gasteiger partial charge in [0.1, 0.15) is 13.2 Å². The molecule has 0 saturated carbocycles. The van der Waals surface area contributed by atoms with Crippen molar-refractivity contribution in [2.45, 2.75) is 6.42 Å². The second-order valence-electron chi connectivity index (χ2n) is 3.93. The number of anilines is 1. The lowest BCUT2D eigenvalue weighted by Gasteiger charge is -2.18. The van der Waals surface area contributed by atoms with Crippen molar-refractivity contribution in [1.29, 1.82) is 0 Å². The summed E-state index contributed by atoms with van der Waals surface area (Å²) in [5.74, 6) is 1.61. The van der Waals surface area contributed by atoms with Crippen molar-refractivity contribution in [1.82, 2.24) is 4.98 Å². The van der Waals surface area contributed by atoms with E-state index in [9.17, 15) is 0 Å². The third kappa shape index (κ3) is 2.30. The number of hydrogen-bond acceptors (Lipinski definition) is 5. The molecule has 94 valence electrons. The smallest absolute Gasteiger partial charge is 0.181 e. The van der Waals surface area contributed by atoms with E-state index in [1.807, 2.05) is 18.2 Å². The number of fused-ring (bicyclic) bond motifs is 1. The zero-order valence-electron chi connectivity index (χ0n) is 9.48. The molecule has 2 heterocycles. The van der Waals surface area contributed by atoms with Crippen molar-refractivity contribution >= 4 is 32.4 Å². The number of nitrogens with zero attached hydrogens (tertiary/aromatic N) is 1. The van der Waals surface area contributed by atoms with Crippen molar-refractivity contribution in [2.24, 2.45) is 0 Å². The molecule has 0 aliphatic carbocycles. The fraction of sp³-hybridized carbons (Fsp3) is 0.250. The summed E-state index contributed by atoms with van der Waals surface area (Å²) in [6, 6.07) is 5.96. The molecule has 0 amide bonds. The molecule has 1 aromatic heterocycles. The SMILES string of the molecule is Nc1nc(Cc2ccc3c(c2)OCCO3)c(Br)s1. The predicted molar refractivity (Wildman–Crippen MR) is 74.5 cm³/mol. The second kappa shape index (κ2) is 4.78. The first-order valence-electron chi connectivity index (χ1n) is 5.51. The van der Waals surface area contributed by atoms with E-state index < -0.39 is 0 Å². The molecule has 0 fully saturated rings. The van der Waals surface area contributed by atoms with Crippen LogP contribution < -0.4 is 15.2 Å². The molecule has 2 aromatic rings. The largest absolute Gasteiger partial charge is 0.486 e. The number of nitrogen functional groups attached to an aromatic ring is 1. The minimum Gasteiger partial charge on any atom is -0.486 e. The van der Waals surface area contributed by atoms with Crippen LogP contribution in [0.5, 0.6) is 11.5 Å². The van der Waals surface area contributed by atoms with Crippen LogP contribution in [0.15, 0.2) is 22.0 Å². The van der Waals surface area contributed by atoms with Crippen molar-refractivity contribution in [3.8, 4) is 11.5 Å². The molecule has 4 nitrogen and oxygen atoms in total. The van der Waals surface area contributed by atoms with Gasteiger partial charge in [-0.15, -0.1) is 0 Å². The molecule has 0 unspecified atom stereocenters. The van der Waals surface area contributed by atoms with Gasteiger partial charge in [0.15, 0.2) is 16.6 Å². The molecule has 0 saturated heterocycles. The highest BCUT2D eigenvalue weighted by atomic mass is 79.9. The number of halogens is 1. The molecule has 1 aliphatic rings. The summed E-state index contributed by atoms with van der Waals surface area (Å²) < 4.78 is 12.0. The monoisotopic (exact) mass is 326 g/mol. The van der Waals surface area contributed by atoms with Gasteiger partial charge >= 0.3 is 0 Å². The molecule has 0 spiro atoms. The molecule has 0 bridgehead atoms. The van der Waals surface area contributed by atoms with E-state index in [2.05, 4.69) is 20.9 Å². The Bertz CT molecular complexity index is 585. The number of ether oxygens (including phenoxy) is 2. The Morgan fingerprint density at radius 3 is 2.78 bits per heavy atom. The van der Waals surface area contributed by atoms with Crippen LogP contribution in [-0.2, 0) is 6.42 Å². The third-order valence-corrected chi connectivity index (χ3v) is 4.30. The maximum Gasteiger partial charge on any atom is 0.181 e. The van der Waals surface area contributed by atoms with Gasteiger partial charge in [0, 0.05) is 6.42 Å². The van der Waals surface area contributed by atoms with E-state index >= 15 is 0 Å². The van der Waals surface area contributed by atoms with Gasteiger partial charge in [0.05, 0.1) is 9.48 Å². The second-order valence-corrected chi connectivity index (χ2v) is 6.28. The number of benzene rings is 1. The van der Waals surface area contributed by atoms with Gasteiger partial charge in [-0.2, -0.15) is 0 Å². The zero-order valence-corrected chi connectivity index (χ0v) is 11.9. The van der Waals surface area contributed by atoms with Crippen LogP contribution >= 0.6 is 27.3 Å². The van der Waals surface area contributed by atoms with Crippen molar-refractivity contribution in [3.63, 3.8) is 0 Å². The van der Waals surface area contributed by atoms with Gasteiger partial charge in [0.2, 0.25) is 0 Å². The van der Waals surface area contributed by atoms with Gasteiger partial charge in [0.25, 0.3) is 0 Å². The highest BCUT2D eigenvalue weighted by Gasteiger charge is 2.13. The standard InChI is InChI=1S/C12H11BrN2O2S/c13-11-8(15-12(14)18-11)5-7-1-2-9-10(6-7)17-4-3-16-9/h1-2,6H,3-5H2,(H2,14,15). The Morgan fingerprint density at radius 1 is 1.28 bits per heavy atom. The molecule has 2 N–H and O–H groups in total. The van der Waals surface area contributed by atoms with Gasteiger partial charge < -0.3 is 15.2 Å². The molecule has 1 aliphatic heterocycles. The fourth-order valence-electron chi connectivity index (χ4n) is 1.85. The normalized spacial score (nSPS) is 13.6. The number of rotatable bonds is 2. The first-order chi connectivity index (χ1) is 8.72. The van der Waals surface area contributed by atoms with Crippen molar-refractivity contribution in [2.75, 3.05) is 18.9 Å². The molecule has 3 rings (SSSR count). The molecule has 0 atom stereocenters. The molecular weight excluding hydrogens is 316 g/mol. The maximum absolute atomic E-state index is 5.68. The third-order valence-electron chi connectivity index (χ3n) is 2.64. The van der Waals surface area contributed by atoms with Crippen LogP contribution in [0.3, 0.4) is 0 Å². The fourth-order valence-corrected chi connectivity index (χ4v) is 3.15. The Balaban J connectivity index is 1.87. The summed E-state index contributed by atoms with van der Waals surface area (Å²) in [7, 11) is 0. The molecule has 18 heavy (non-hydrogen) atoms. The summed E-state index contributed by atoms with van der Waals surface area (Å²) in [5, 5.41) is 0.578. The first kappa shape index (κ1) is 11.8. The van der Waals surface area contributed by atoms with Crippen LogP contribution in [0.25, 0.3) is 0 Å². The number of nitrogens with two attached hydrogens (primary N) is 1. The van der Waals surface area contributed by atoms with E-state index in [4.69, 9.17) is 15.2 Å². The van der Waals surface area contributed by atoms with E-state index in [1.165, 1.54) is 11.3 Å². The summed E-state index contributed by atoms with van der Waals surface area (Å²) in [5.41, 5.74) is 7.76. The lowest BCUT2D eigenvalue weighted by molar-refractivity contribution is 0.171. The van der Waals surface area contributed by atoms with E-state index in [-0.39, 0.29) is 0 Å². The molecule has 0 radical (unpaired) electrons. The maximum atomic E-state index is 5.68. The minimum atomic E-state index is 0.578. The Labute approximate surface area is 117 Å². The first-order valence-corrected chi connectivity index (χ1v) is 7.12. The Hall–Kier alpha value is -1.27. The summed E-state index contributed by atoms with van der Waals surface area (Å²) in [6.45, 7) is 1.21. The van der Waals surface area contributed by atoms with Crippen LogP contribution in [-0.4, -0.2) is 18.2 Å². The van der Waals surface area contributed by atoms with E-state index in [0.29, 0.717) is 18.3 Å². The van der Waals surface area contributed by atoms with Crippen LogP contribution in [0.4, 0.5) is 5.13 Å². The van der Waals surface area contributed by atoms with Crippen LogP contribution in [0.2, 0.25) is 0 Å². The zero-order chi connectivity index (χ0) is 12.5. The van der Waals surface area contributed by atoms with Crippen molar-refractivity contribution < 1.29 is 9.47 Å². The highest BCUT2D eigenvalue weighted by molar-refractivity contribution is 9.11. The number of thiazole rings is 1. The number of hydrogen-bond donors (Lipinski definition) is 1. The van der Waals surface area contributed by atoms with Gasteiger partial charge in [-0.05, 0) is 33.6 Å². The Morgan fingerprint density at radius 2 is 2.06 bits per heavy atom. The van der Waals surface area contributed by atoms with Gasteiger partial charge in [-0.1, -0.05) is 17.4 Å². The summed E-state index contributed by atoms with van der Waals surface area (Å²) >= 11 is 4.91. The molecule has 6 heteroatoms. The minimum absolute atomic E-state index is 0.578. The highest BCUT2D eigenvalue weighted by Crippen LogP contribution is 2.33. The summed E-state index contributed by atoms with van der Waals surface area (Å²) in [6.07, 6.45) is 0.727. The Kier molecular flexibility index (Phi) is 3.13. The van der Waals surface area contributed by atoms with Crippen molar-refractivity contribution in [3.05, 3.63) is 33.2 Å². The average Bonchev–Trinajstić information content (AvgIpc) is 2.68. The lowest BCUT2D eigenvalue weighted by Crippen LogP contribution is -2.15. The van der Waals surface area contributed by atoms with E-state index in [0.717, 1.165) is 33.0 Å². The summed E-state index contributed by atoms with van der Waals surface area (Å²) in [4.78, 5) is 4.29. The average molecular weight is 327 g/mol. The molecular formula is C12H11BrN2O2S. The predicted octanol–water partition coefficient (Wildman–Crippen LogP) is 2.85. The quantitative estimate of drug-likeness (QED) is 0.921. The van der Waals surface area contributed by atoms with Gasteiger partial charge in [-0.25, -0.2) is 4.98 Å². The van der Waals surface area contributed by atoms with E-state index in [1.54, 1.807) is 0 Å².